The van der Waals surface area contributed by atoms with Crippen LogP contribution in [-0.4, -0.2) is 29.5 Å². The molecule has 2 aromatic carbocycles. The zero-order valence-electron chi connectivity index (χ0n) is 13.9. The van der Waals surface area contributed by atoms with E-state index in [1.54, 1.807) is 25.3 Å². The van der Waals surface area contributed by atoms with Gasteiger partial charge in [0.2, 0.25) is 5.91 Å². The Labute approximate surface area is 144 Å². The quantitative estimate of drug-likeness (QED) is 0.719. The molecular weight excluding hydrogens is 318 g/mol. The number of aromatic nitrogens is 2. The second kappa shape index (κ2) is 7.61. The Hall–Kier alpha value is -3.15. The molecule has 6 nitrogen and oxygen atoms in total. The number of carbonyl (C=O) groups excluding carboxylic acids is 1. The number of para-hydroxylation sites is 1. The number of ether oxygens (including phenoxy) is 1. The van der Waals surface area contributed by atoms with Crippen molar-refractivity contribution in [3.8, 4) is 5.75 Å². The van der Waals surface area contributed by atoms with Crippen LogP contribution in [0.15, 0.2) is 53.3 Å². The van der Waals surface area contributed by atoms with Gasteiger partial charge in [-0.15, -0.1) is 0 Å². The molecular formula is C19H19N3O3. The molecule has 25 heavy (non-hydrogen) atoms. The summed E-state index contributed by atoms with van der Waals surface area (Å²) in [6.45, 7) is 0.407. The third-order valence-corrected chi connectivity index (χ3v) is 3.84. The molecule has 0 radical (unpaired) electrons. The lowest BCUT2D eigenvalue weighted by molar-refractivity contribution is -0.120. The second-order valence-electron chi connectivity index (χ2n) is 5.66. The molecule has 0 fully saturated rings. The van der Waals surface area contributed by atoms with Gasteiger partial charge in [0.1, 0.15) is 11.6 Å². The van der Waals surface area contributed by atoms with Crippen LogP contribution in [0.2, 0.25) is 0 Å². The number of carbonyl (C=O) groups is 1. The van der Waals surface area contributed by atoms with E-state index < -0.39 is 0 Å². The number of methoxy groups -OCH3 is 1. The number of benzene rings is 2. The van der Waals surface area contributed by atoms with E-state index >= 15 is 0 Å². The Morgan fingerprint density at radius 3 is 2.88 bits per heavy atom. The minimum Gasteiger partial charge on any atom is -0.497 e. The molecule has 0 saturated carbocycles. The molecule has 0 bridgehead atoms. The van der Waals surface area contributed by atoms with E-state index in [9.17, 15) is 9.59 Å². The van der Waals surface area contributed by atoms with Crippen LogP contribution in [0.4, 0.5) is 0 Å². The Morgan fingerprint density at radius 2 is 2.04 bits per heavy atom. The monoisotopic (exact) mass is 337 g/mol. The smallest absolute Gasteiger partial charge is 0.258 e. The molecule has 1 aromatic heterocycles. The molecule has 0 spiro atoms. The SMILES string of the molecule is COc1cccc(CC(=O)NCCc2nc3ccccc3c(=O)[nH]2)c1. The fourth-order valence-electron chi connectivity index (χ4n) is 2.60. The van der Waals surface area contributed by atoms with Gasteiger partial charge in [-0.05, 0) is 29.8 Å². The highest BCUT2D eigenvalue weighted by molar-refractivity contribution is 5.79. The van der Waals surface area contributed by atoms with Crippen LogP contribution in [0.1, 0.15) is 11.4 Å². The fraction of sp³-hybridized carbons (Fsp3) is 0.211. The van der Waals surface area contributed by atoms with Crippen molar-refractivity contribution in [3.05, 3.63) is 70.3 Å². The first-order valence-electron chi connectivity index (χ1n) is 8.03. The molecule has 128 valence electrons. The average Bonchev–Trinajstić information content (AvgIpc) is 2.62. The van der Waals surface area contributed by atoms with Crippen LogP contribution in [-0.2, 0) is 17.6 Å². The molecule has 3 rings (SSSR count). The molecule has 0 atom stereocenters. The standard InChI is InChI=1S/C19H19N3O3/c1-25-14-6-4-5-13(11-14)12-18(23)20-10-9-17-21-16-8-3-2-7-15(16)19(24)22-17/h2-8,11H,9-10,12H2,1H3,(H,20,23)(H,21,22,24). The topological polar surface area (TPSA) is 84.1 Å². The number of hydrogen-bond donors (Lipinski definition) is 2. The molecule has 0 aliphatic rings. The first-order chi connectivity index (χ1) is 12.2. The summed E-state index contributed by atoms with van der Waals surface area (Å²) in [6.07, 6.45) is 0.739. The van der Waals surface area contributed by atoms with Gasteiger partial charge in [0, 0.05) is 13.0 Å². The summed E-state index contributed by atoms with van der Waals surface area (Å²) in [5.41, 5.74) is 1.38. The van der Waals surface area contributed by atoms with Crippen molar-refractivity contribution in [1.29, 1.82) is 0 Å². The van der Waals surface area contributed by atoms with Crippen molar-refractivity contribution in [1.82, 2.24) is 15.3 Å². The van der Waals surface area contributed by atoms with E-state index in [1.807, 2.05) is 30.3 Å². The molecule has 0 aliphatic carbocycles. The molecule has 0 saturated heterocycles. The van der Waals surface area contributed by atoms with Crippen molar-refractivity contribution >= 4 is 16.8 Å². The Bertz CT molecular complexity index is 950. The van der Waals surface area contributed by atoms with E-state index in [1.165, 1.54) is 0 Å². The van der Waals surface area contributed by atoms with Gasteiger partial charge in [-0.2, -0.15) is 0 Å². The highest BCUT2D eigenvalue weighted by Crippen LogP contribution is 2.12. The summed E-state index contributed by atoms with van der Waals surface area (Å²) in [5, 5.41) is 3.41. The minimum atomic E-state index is -0.164. The number of nitrogens with one attached hydrogen (secondary N) is 2. The van der Waals surface area contributed by atoms with E-state index in [4.69, 9.17) is 4.74 Å². The number of nitrogens with zero attached hydrogens (tertiary/aromatic N) is 1. The minimum absolute atomic E-state index is 0.0867. The van der Waals surface area contributed by atoms with Crippen LogP contribution in [0, 0.1) is 0 Å². The van der Waals surface area contributed by atoms with Crippen LogP contribution >= 0.6 is 0 Å². The fourth-order valence-corrected chi connectivity index (χ4v) is 2.60. The van der Waals surface area contributed by atoms with Crippen molar-refractivity contribution < 1.29 is 9.53 Å². The normalized spacial score (nSPS) is 10.6. The van der Waals surface area contributed by atoms with Crippen molar-refractivity contribution in [2.24, 2.45) is 0 Å². The number of hydrogen-bond acceptors (Lipinski definition) is 4. The summed E-state index contributed by atoms with van der Waals surface area (Å²) in [7, 11) is 1.59. The summed E-state index contributed by atoms with van der Waals surface area (Å²) in [4.78, 5) is 31.2. The van der Waals surface area contributed by atoms with Gasteiger partial charge in [-0.3, -0.25) is 9.59 Å². The van der Waals surface area contributed by atoms with Crippen LogP contribution in [0.3, 0.4) is 0 Å². The third-order valence-electron chi connectivity index (χ3n) is 3.84. The summed E-state index contributed by atoms with van der Waals surface area (Å²) < 4.78 is 5.15. The predicted octanol–water partition coefficient (Wildman–Crippen LogP) is 1.83. The largest absolute Gasteiger partial charge is 0.497 e. The zero-order valence-corrected chi connectivity index (χ0v) is 13.9. The van der Waals surface area contributed by atoms with Crippen LogP contribution < -0.4 is 15.6 Å². The average molecular weight is 337 g/mol. The molecule has 3 aromatic rings. The number of H-pyrrole nitrogens is 1. The summed E-state index contributed by atoms with van der Waals surface area (Å²) >= 11 is 0. The predicted molar refractivity (Wildman–Crippen MR) is 95.8 cm³/mol. The second-order valence-corrected chi connectivity index (χ2v) is 5.66. The highest BCUT2D eigenvalue weighted by Gasteiger charge is 2.06. The van der Waals surface area contributed by atoms with Gasteiger partial charge >= 0.3 is 0 Å². The zero-order chi connectivity index (χ0) is 17.6. The molecule has 0 unspecified atom stereocenters. The number of rotatable bonds is 6. The van der Waals surface area contributed by atoms with E-state index in [-0.39, 0.29) is 17.9 Å². The van der Waals surface area contributed by atoms with E-state index in [2.05, 4.69) is 15.3 Å². The first kappa shape index (κ1) is 16.7. The summed E-state index contributed by atoms with van der Waals surface area (Å²) in [6, 6.07) is 14.6. The van der Waals surface area contributed by atoms with Crippen molar-refractivity contribution in [3.63, 3.8) is 0 Å². The molecule has 1 amide bonds. The lowest BCUT2D eigenvalue weighted by Gasteiger charge is -2.07. The van der Waals surface area contributed by atoms with E-state index in [0.717, 1.165) is 11.3 Å². The van der Waals surface area contributed by atoms with Gasteiger partial charge in [0.15, 0.2) is 0 Å². The van der Waals surface area contributed by atoms with Crippen LogP contribution in [0.5, 0.6) is 5.75 Å². The maximum atomic E-state index is 12.0. The lowest BCUT2D eigenvalue weighted by atomic mass is 10.1. The molecule has 2 N–H and O–H groups in total. The van der Waals surface area contributed by atoms with Gasteiger partial charge in [0.05, 0.1) is 24.4 Å². The van der Waals surface area contributed by atoms with E-state index in [0.29, 0.717) is 29.7 Å². The Balaban J connectivity index is 1.57. The Kier molecular flexibility index (Phi) is 5.09. The van der Waals surface area contributed by atoms with Gasteiger partial charge in [0.25, 0.3) is 5.56 Å². The maximum absolute atomic E-state index is 12.0. The number of amides is 1. The van der Waals surface area contributed by atoms with Gasteiger partial charge < -0.3 is 15.0 Å². The van der Waals surface area contributed by atoms with Gasteiger partial charge in [-0.25, -0.2) is 4.98 Å². The third kappa shape index (κ3) is 4.23. The first-order valence-corrected chi connectivity index (χ1v) is 8.03. The number of fused-ring (bicyclic) bond motifs is 1. The summed E-state index contributed by atoms with van der Waals surface area (Å²) in [5.74, 6) is 1.20. The lowest BCUT2D eigenvalue weighted by Crippen LogP contribution is -2.28. The van der Waals surface area contributed by atoms with Crippen LogP contribution in [0.25, 0.3) is 10.9 Å². The molecule has 1 heterocycles. The number of aromatic amines is 1. The van der Waals surface area contributed by atoms with Crippen molar-refractivity contribution in [2.75, 3.05) is 13.7 Å². The van der Waals surface area contributed by atoms with Crippen molar-refractivity contribution in [2.45, 2.75) is 12.8 Å². The highest BCUT2D eigenvalue weighted by atomic mass is 16.5. The maximum Gasteiger partial charge on any atom is 0.258 e. The van der Waals surface area contributed by atoms with Gasteiger partial charge in [-0.1, -0.05) is 24.3 Å². The Morgan fingerprint density at radius 1 is 1.20 bits per heavy atom. The molecule has 0 aliphatic heterocycles. The molecule has 6 heteroatoms.